The summed E-state index contributed by atoms with van der Waals surface area (Å²) < 4.78 is 0.796. The average Bonchev–Trinajstić information content (AvgIpc) is 2.46. The molecule has 0 aliphatic carbocycles. The Kier molecular flexibility index (Phi) is 5.00. The number of benzene rings is 2. The van der Waals surface area contributed by atoms with Crippen LogP contribution in [0, 0.1) is 0 Å². The van der Waals surface area contributed by atoms with Gasteiger partial charge in [-0.2, -0.15) is 0 Å². The highest BCUT2D eigenvalue weighted by atomic mass is 79.9. The third-order valence-electron chi connectivity index (χ3n) is 2.75. The number of alkyl halides is 1. The number of nitrogens with one attached hydrogen (secondary N) is 1. The average molecular weight is 339 g/mol. The van der Waals surface area contributed by atoms with E-state index < -0.39 is 0 Å². The third-order valence-corrected chi connectivity index (χ3v) is 3.75. The van der Waals surface area contributed by atoms with Gasteiger partial charge in [-0.1, -0.05) is 36.4 Å². The molecule has 1 N–H and O–H groups in total. The first kappa shape index (κ1) is 14.1. The predicted octanol–water partition coefficient (Wildman–Crippen LogP) is 4.12. The Bertz CT molecular complexity index is 569. The molecule has 0 fully saturated rings. The first-order chi connectivity index (χ1) is 9.20. The van der Waals surface area contributed by atoms with Gasteiger partial charge in [-0.05, 0) is 39.2 Å². The van der Waals surface area contributed by atoms with Gasteiger partial charge in [0.05, 0.1) is 5.56 Å². The summed E-state index contributed by atoms with van der Waals surface area (Å²) in [6.07, 6.45) is 0. The van der Waals surface area contributed by atoms with Crippen LogP contribution in [-0.2, 0) is 12.4 Å². The van der Waals surface area contributed by atoms with E-state index in [1.807, 2.05) is 42.5 Å². The molecule has 98 valence electrons. The lowest BCUT2D eigenvalue weighted by Gasteiger charge is -2.07. The van der Waals surface area contributed by atoms with Crippen LogP contribution in [0.3, 0.4) is 0 Å². The first-order valence-corrected chi connectivity index (χ1v) is 7.20. The molecule has 0 bridgehead atoms. The molecule has 0 aromatic heterocycles. The molecule has 0 radical (unpaired) electrons. The smallest absolute Gasteiger partial charge is 0.252 e. The van der Waals surface area contributed by atoms with Crippen LogP contribution in [0.5, 0.6) is 0 Å². The Balaban J connectivity index is 1.98. The molecule has 2 rings (SSSR count). The van der Waals surface area contributed by atoms with Gasteiger partial charge < -0.3 is 5.32 Å². The second kappa shape index (κ2) is 6.73. The minimum absolute atomic E-state index is 0.0890. The number of amides is 1. The molecule has 2 aromatic rings. The molecule has 0 unspecified atom stereocenters. The van der Waals surface area contributed by atoms with Crippen molar-refractivity contribution >= 4 is 33.4 Å². The maximum atomic E-state index is 12.0. The summed E-state index contributed by atoms with van der Waals surface area (Å²) in [6, 6.07) is 15.2. The van der Waals surface area contributed by atoms with Crippen molar-refractivity contribution in [1.29, 1.82) is 0 Å². The summed E-state index contributed by atoms with van der Waals surface area (Å²) in [4.78, 5) is 12.0. The lowest BCUT2D eigenvalue weighted by Crippen LogP contribution is -2.23. The highest BCUT2D eigenvalue weighted by molar-refractivity contribution is 9.10. The van der Waals surface area contributed by atoms with Crippen molar-refractivity contribution in [1.82, 2.24) is 5.32 Å². The summed E-state index contributed by atoms with van der Waals surface area (Å²) in [5, 5.41) is 2.89. The van der Waals surface area contributed by atoms with Crippen LogP contribution in [-0.4, -0.2) is 5.91 Å². The number of carbonyl (C=O) groups is 1. The Hall–Kier alpha value is -1.32. The van der Waals surface area contributed by atoms with Gasteiger partial charge >= 0.3 is 0 Å². The monoisotopic (exact) mass is 337 g/mol. The van der Waals surface area contributed by atoms with Crippen LogP contribution in [0.2, 0.25) is 0 Å². The van der Waals surface area contributed by atoms with Gasteiger partial charge in [-0.25, -0.2) is 0 Å². The normalized spacial score (nSPS) is 10.2. The summed E-state index contributed by atoms with van der Waals surface area (Å²) in [5.74, 6) is 0.415. The topological polar surface area (TPSA) is 29.1 Å². The van der Waals surface area contributed by atoms with E-state index in [9.17, 15) is 4.79 Å². The Morgan fingerprint density at radius 2 is 1.68 bits per heavy atom. The van der Waals surface area contributed by atoms with Gasteiger partial charge in [0.25, 0.3) is 5.91 Å². The summed E-state index contributed by atoms with van der Waals surface area (Å²) in [6.45, 7) is 0.503. The van der Waals surface area contributed by atoms with Crippen molar-refractivity contribution in [3.63, 3.8) is 0 Å². The van der Waals surface area contributed by atoms with E-state index in [0.717, 1.165) is 15.6 Å². The van der Waals surface area contributed by atoms with E-state index in [0.29, 0.717) is 18.0 Å². The molecule has 0 spiro atoms. The number of halogens is 2. The zero-order valence-corrected chi connectivity index (χ0v) is 12.5. The minimum atomic E-state index is -0.0890. The van der Waals surface area contributed by atoms with Crippen molar-refractivity contribution in [2.75, 3.05) is 0 Å². The maximum Gasteiger partial charge on any atom is 0.252 e. The lowest BCUT2D eigenvalue weighted by atomic mass is 10.1. The summed E-state index contributed by atoms with van der Waals surface area (Å²) in [5.41, 5.74) is 2.76. The standard InChI is InChI=1S/C15H13BrClNO/c16-14-4-2-1-3-13(14)15(19)18-10-12-7-5-11(9-17)6-8-12/h1-8H,9-10H2,(H,18,19). The molecule has 4 heteroatoms. The zero-order chi connectivity index (χ0) is 13.7. The van der Waals surface area contributed by atoms with Crippen molar-refractivity contribution in [3.8, 4) is 0 Å². The third kappa shape index (κ3) is 3.82. The van der Waals surface area contributed by atoms with E-state index in [1.165, 1.54) is 0 Å². The molecule has 1 amide bonds. The molecule has 0 heterocycles. The first-order valence-electron chi connectivity index (χ1n) is 5.87. The second-order valence-corrected chi connectivity index (χ2v) is 5.23. The van der Waals surface area contributed by atoms with E-state index >= 15 is 0 Å². The molecule has 0 aliphatic rings. The van der Waals surface area contributed by atoms with Crippen molar-refractivity contribution in [3.05, 3.63) is 69.7 Å². The largest absolute Gasteiger partial charge is 0.348 e. The fraction of sp³-hybridized carbons (Fsp3) is 0.133. The number of carbonyl (C=O) groups excluding carboxylic acids is 1. The number of rotatable bonds is 4. The predicted molar refractivity (Wildman–Crippen MR) is 81.3 cm³/mol. The van der Waals surface area contributed by atoms with E-state index in [4.69, 9.17) is 11.6 Å². The Morgan fingerprint density at radius 3 is 2.32 bits per heavy atom. The highest BCUT2D eigenvalue weighted by Gasteiger charge is 2.08. The van der Waals surface area contributed by atoms with Crippen molar-refractivity contribution in [2.45, 2.75) is 12.4 Å². The second-order valence-electron chi connectivity index (χ2n) is 4.11. The molecule has 19 heavy (non-hydrogen) atoms. The van der Waals surface area contributed by atoms with Crippen LogP contribution in [0.15, 0.2) is 53.0 Å². The van der Waals surface area contributed by atoms with Gasteiger partial charge in [0, 0.05) is 16.9 Å². The zero-order valence-electron chi connectivity index (χ0n) is 10.2. The fourth-order valence-electron chi connectivity index (χ4n) is 1.67. The van der Waals surface area contributed by atoms with Crippen LogP contribution >= 0.6 is 27.5 Å². The van der Waals surface area contributed by atoms with Gasteiger partial charge in [-0.15, -0.1) is 11.6 Å². The van der Waals surface area contributed by atoms with Crippen molar-refractivity contribution < 1.29 is 4.79 Å². The van der Waals surface area contributed by atoms with Gasteiger partial charge in [-0.3, -0.25) is 4.79 Å². The summed E-state index contributed by atoms with van der Waals surface area (Å²) >= 11 is 9.10. The molecule has 0 saturated heterocycles. The molecule has 0 saturated carbocycles. The van der Waals surface area contributed by atoms with Crippen LogP contribution in [0.25, 0.3) is 0 Å². The highest BCUT2D eigenvalue weighted by Crippen LogP contribution is 2.15. The quantitative estimate of drug-likeness (QED) is 0.835. The molecule has 2 nitrogen and oxygen atoms in total. The van der Waals surface area contributed by atoms with Crippen LogP contribution in [0.1, 0.15) is 21.5 Å². The van der Waals surface area contributed by atoms with Crippen molar-refractivity contribution in [2.24, 2.45) is 0 Å². The minimum Gasteiger partial charge on any atom is -0.348 e. The van der Waals surface area contributed by atoms with E-state index in [-0.39, 0.29) is 5.91 Å². The van der Waals surface area contributed by atoms with E-state index in [2.05, 4.69) is 21.2 Å². The van der Waals surface area contributed by atoms with Gasteiger partial charge in [0.2, 0.25) is 0 Å². The Labute approximate surface area is 125 Å². The maximum absolute atomic E-state index is 12.0. The number of hydrogen-bond acceptors (Lipinski definition) is 1. The van der Waals surface area contributed by atoms with Crippen LogP contribution < -0.4 is 5.32 Å². The molecular formula is C15H13BrClNO. The van der Waals surface area contributed by atoms with Gasteiger partial charge in [0.1, 0.15) is 0 Å². The molecule has 0 aliphatic heterocycles. The Morgan fingerprint density at radius 1 is 1.05 bits per heavy atom. The van der Waals surface area contributed by atoms with Gasteiger partial charge in [0.15, 0.2) is 0 Å². The number of hydrogen-bond donors (Lipinski definition) is 1. The van der Waals surface area contributed by atoms with E-state index in [1.54, 1.807) is 6.07 Å². The van der Waals surface area contributed by atoms with Crippen LogP contribution in [0.4, 0.5) is 0 Å². The lowest BCUT2D eigenvalue weighted by molar-refractivity contribution is 0.0950. The SMILES string of the molecule is O=C(NCc1ccc(CCl)cc1)c1ccccc1Br. The summed E-state index contributed by atoms with van der Waals surface area (Å²) in [7, 11) is 0. The molecule has 0 atom stereocenters. The molecular weight excluding hydrogens is 326 g/mol. The molecule has 2 aromatic carbocycles. The fourth-order valence-corrected chi connectivity index (χ4v) is 2.31.